The van der Waals surface area contributed by atoms with Crippen molar-refractivity contribution < 1.29 is 9.47 Å². The first-order chi connectivity index (χ1) is 5.33. The van der Waals surface area contributed by atoms with Crippen molar-refractivity contribution in [1.82, 2.24) is 5.32 Å². The van der Waals surface area contributed by atoms with Gasteiger partial charge in [-0.05, 0) is 0 Å². The highest BCUT2D eigenvalue weighted by Crippen LogP contribution is 2.20. The standard InChI is InChI=1S/C7H12N2O2/c1-10-7(4-9-6-8)2-3-11-5-7/h9H,2-5H2,1H3. The first-order valence-electron chi connectivity index (χ1n) is 3.58. The summed E-state index contributed by atoms with van der Waals surface area (Å²) >= 11 is 0. The van der Waals surface area contributed by atoms with E-state index < -0.39 is 0 Å². The number of hydrogen-bond acceptors (Lipinski definition) is 4. The Hall–Kier alpha value is -0.790. The Balaban J connectivity index is 2.40. The van der Waals surface area contributed by atoms with Gasteiger partial charge in [0.15, 0.2) is 6.19 Å². The second-order valence-electron chi connectivity index (χ2n) is 2.66. The Bertz CT molecular complexity index is 158. The molecule has 0 aliphatic carbocycles. The molecule has 4 nitrogen and oxygen atoms in total. The van der Waals surface area contributed by atoms with Gasteiger partial charge in [0.2, 0.25) is 0 Å². The van der Waals surface area contributed by atoms with Gasteiger partial charge in [0, 0.05) is 20.1 Å². The van der Waals surface area contributed by atoms with Crippen LogP contribution in [0.2, 0.25) is 0 Å². The third kappa shape index (κ3) is 1.82. The average Bonchev–Trinajstić information content (AvgIpc) is 2.50. The highest BCUT2D eigenvalue weighted by Gasteiger charge is 2.34. The molecule has 4 heteroatoms. The fraction of sp³-hybridized carbons (Fsp3) is 0.857. The van der Waals surface area contributed by atoms with Crippen LogP contribution in [0.25, 0.3) is 0 Å². The van der Waals surface area contributed by atoms with E-state index in [1.54, 1.807) is 7.11 Å². The Morgan fingerprint density at radius 2 is 2.64 bits per heavy atom. The minimum absolute atomic E-state index is 0.268. The molecule has 0 bridgehead atoms. The predicted molar refractivity (Wildman–Crippen MR) is 38.8 cm³/mol. The molecule has 1 atom stereocenters. The van der Waals surface area contributed by atoms with Crippen LogP contribution >= 0.6 is 0 Å². The van der Waals surface area contributed by atoms with Crippen LogP contribution in [0, 0.1) is 11.5 Å². The largest absolute Gasteiger partial charge is 0.378 e. The lowest BCUT2D eigenvalue weighted by Crippen LogP contribution is -2.41. The zero-order chi connectivity index (χ0) is 8.16. The van der Waals surface area contributed by atoms with E-state index in [1.807, 2.05) is 6.19 Å². The van der Waals surface area contributed by atoms with Crippen molar-refractivity contribution in [2.45, 2.75) is 12.0 Å². The van der Waals surface area contributed by atoms with Crippen molar-refractivity contribution in [1.29, 1.82) is 5.26 Å². The van der Waals surface area contributed by atoms with Crippen molar-refractivity contribution in [3.05, 3.63) is 0 Å². The van der Waals surface area contributed by atoms with Gasteiger partial charge in [-0.25, -0.2) is 0 Å². The summed E-state index contributed by atoms with van der Waals surface area (Å²) in [7, 11) is 1.65. The maximum absolute atomic E-state index is 8.28. The van der Waals surface area contributed by atoms with E-state index in [9.17, 15) is 0 Å². The van der Waals surface area contributed by atoms with Crippen LogP contribution in [-0.4, -0.2) is 32.5 Å². The number of ether oxygens (including phenoxy) is 2. The monoisotopic (exact) mass is 156 g/mol. The minimum Gasteiger partial charge on any atom is -0.378 e. The molecule has 0 amide bonds. The summed E-state index contributed by atoms with van der Waals surface area (Å²) in [6, 6.07) is 0. The molecule has 0 aromatic heterocycles. The molecule has 1 saturated heterocycles. The molecule has 1 rings (SSSR count). The molecule has 0 aromatic carbocycles. The SMILES string of the molecule is COC1(CNC#N)CCOC1. The number of methoxy groups -OCH3 is 1. The van der Waals surface area contributed by atoms with Crippen LogP contribution in [0.1, 0.15) is 6.42 Å². The van der Waals surface area contributed by atoms with Crippen molar-refractivity contribution in [2.24, 2.45) is 0 Å². The van der Waals surface area contributed by atoms with Gasteiger partial charge in [0.25, 0.3) is 0 Å². The van der Waals surface area contributed by atoms with Crippen LogP contribution in [0.15, 0.2) is 0 Å². The summed E-state index contributed by atoms with van der Waals surface area (Å²) in [5.74, 6) is 0. The summed E-state index contributed by atoms with van der Waals surface area (Å²) in [5.41, 5.74) is -0.268. The zero-order valence-corrected chi connectivity index (χ0v) is 6.59. The molecule has 1 unspecified atom stereocenters. The molecular weight excluding hydrogens is 144 g/mol. The van der Waals surface area contributed by atoms with Crippen molar-refractivity contribution >= 4 is 0 Å². The summed E-state index contributed by atoms with van der Waals surface area (Å²) in [4.78, 5) is 0. The summed E-state index contributed by atoms with van der Waals surface area (Å²) in [6.45, 7) is 1.85. The molecule has 1 heterocycles. The van der Waals surface area contributed by atoms with Gasteiger partial charge in [0.05, 0.1) is 13.2 Å². The Morgan fingerprint density at radius 3 is 3.09 bits per heavy atom. The second kappa shape index (κ2) is 3.56. The molecule has 62 valence electrons. The van der Waals surface area contributed by atoms with Crippen LogP contribution < -0.4 is 5.32 Å². The predicted octanol–water partition coefficient (Wildman–Crippen LogP) is -0.137. The van der Waals surface area contributed by atoms with Crippen LogP contribution in [-0.2, 0) is 9.47 Å². The number of nitrogens with one attached hydrogen (secondary N) is 1. The van der Waals surface area contributed by atoms with Gasteiger partial charge in [-0.1, -0.05) is 0 Å². The molecule has 1 aliphatic rings. The maximum Gasteiger partial charge on any atom is 0.176 e. The van der Waals surface area contributed by atoms with Crippen LogP contribution in [0.3, 0.4) is 0 Å². The van der Waals surface area contributed by atoms with Crippen LogP contribution in [0.4, 0.5) is 0 Å². The molecule has 0 saturated carbocycles. The topological polar surface area (TPSA) is 54.3 Å². The Morgan fingerprint density at radius 1 is 1.82 bits per heavy atom. The summed E-state index contributed by atoms with van der Waals surface area (Å²) in [5, 5.41) is 10.9. The van der Waals surface area contributed by atoms with Gasteiger partial charge in [-0.3, -0.25) is 0 Å². The van der Waals surface area contributed by atoms with E-state index in [-0.39, 0.29) is 5.60 Å². The smallest absolute Gasteiger partial charge is 0.176 e. The molecule has 1 aliphatic heterocycles. The first-order valence-corrected chi connectivity index (χ1v) is 3.58. The zero-order valence-electron chi connectivity index (χ0n) is 6.59. The summed E-state index contributed by atoms with van der Waals surface area (Å²) in [6.07, 6.45) is 2.73. The Labute approximate surface area is 66.1 Å². The molecule has 1 N–H and O–H groups in total. The molecule has 11 heavy (non-hydrogen) atoms. The average molecular weight is 156 g/mol. The molecule has 0 aromatic rings. The minimum atomic E-state index is -0.268. The number of rotatable bonds is 3. The van der Waals surface area contributed by atoms with Crippen molar-refractivity contribution in [3.8, 4) is 6.19 Å². The Kier molecular flexibility index (Phi) is 2.69. The summed E-state index contributed by atoms with van der Waals surface area (Å²) < 4.78 is 10.4. The number of nitrogens with zero attached hydrogens (tertiary/aromatic N) is 1. The quantitative estimate of drug-likeness (QED) is 0.456. The van der Waals surface area contributed by atoms with Crippen LogP contribution in [0.5, 0.6) is 0 Å². The molecular formula is C7H12N2O2. The van der Waals surface area contributed by atoms with Crippen molar-refractivity contribution in [3.63, 3.8) is 0 Å². The lowest BCUT2D eigenvalue weighted by molar-refractivity contribution is -0.0131. The molecule has 0 spiro atoms. The van der Waals surface area contributed by atoms with E-state index in [0.29, 0.717) is 13.2 Å². The van der Waals surface area contributed by atoms with Gasteiger partial charge >= 0.3 is 0 Å². The lowest BCUT2D eigenvalue weighted by Gasteiger charge is -2.24. The third-order valence-corrected chi connectivity index (χ3v) is 1.99. The maximum atomic E-state index is 8.28. The van der Waals surface area contributed by atoms with Crippen molar-refractivity contribution in [2.75, 3.05) is 26.9 Å². The van der Waals surface area contributed by atoms with Gasteiger partial charge < -0.3 is 14.8 Å². The normalized spacial score (nSPS) is 29.8. The van der Waals surface area contributed by atoms with Gasteiger partial charge in [-0.15, -0.1) is 0 Å². The van der Waals surface area contributed by atoms with Gasteiger partial charge in [-0.2, -0.15) is 5.26 Å². The highest BCUT2D eigenvalue weighted by atomic mass is 16.5. The lowest BCUT2D eigenvalue weighted by atomic mass is 10.0. The molecule has 1 fully saturated rings. The fourth-order valence-electron chi connectivity index (χ4n) is 1.16. The van der Waals surface area contributed by atoms with E-state index in [0.717, 1.165) is 13.0 Å². The fourth-order valence-corrected chi connectivity index (χ4v) is 1.16. The van der Waals surface area contributed by atoms with E-state index in [2.05, 4.69) is 5.32 Å². The van der Waals surface area contributed by atoms with Gasteiger partial charge in [0.1, 0.15) is 5.60 Å². The highest BCUT2D eigenvalue weighted by molar-refractivity contribution is 4.89. The van der Waals surface area contributed by atoms with E-state index in [1.165, 1.54) is 0 Å². The van der Waals surface area contributed by atoms with E-state index >= 15 is 0 Å². The molecule has 0 radical (unpaired) electrons. The number of hydrogen-bond donors (Lipinski definition) is 1. The third-order valence-electron chi connectivity index (χ3n) is 1.99. The first kappa shape index (κ1) is 8.31. The van der Waals surface area contributed by atoms with E-state index in [4.69, 9.17) is 14.7 Å². The number of nitriles is 1. The second-order valence-corrected chi connectivity index (χ2v) is 2.66.